The van der Waals surface area contributed by atoms with Crippen LogP contribution < -0.4 is 25.0 Å². The first-order valence-corrected chi connectivity index (χ1v) is 10.4. The van der Waals surface area contributed by atoms with Gasteiger partial charge in [-0.3, -0.25) is 14.4 Å². The Bertz CT molecular complexity index is 791. The third-order valence-electron chi connectivity index (χ3n) is 5.73. The summed E-state index contributed by atoms with van der Waals surface area (Å²) >= 11 is 0. The number of anilines is 1. The minimum Gasteiger partial charge on any atom is -0.486 e. The highest BCUT2D eigenvalue weighted by Crippen LogP contribution is 2.35. The molecule has 1 atom stereocenters. The Kier molecular flexibility index (Phi) is 5.87. The van der Waals surface area contributed by atoms with E-state index in [0.29, 0.717) is 30.4 Å². The highest BCUT2D eigenvalue weighted by Gasteiger charge is 2.35. The smallest absolute Gasteiger partial charge is 0.239 e. The van der Waals surface area contributed by atoms with Crippen molar-refractivity contribution in [3.05, 3.63) is 18.2 Å². The number of hydrogen-bond donors (Lipinski definition) is 2. The largest absolute Gasteiger partial charge is 0.486 e. The molecule has 1 saturated carbocycles. The lowest BCUT2D eigenvalue weighted by Crippen LogP contribution is -2.44. The molecule has 1 unspecified atom stereocenters. The minimum atomic E-state index is -0.474. The van der Waals surface area contributed by atoms with Gasteiger partial charge >= 0.3 is 0 Å². The van der Waals surface area contributed by atoms with Gasteiger partial charge in [0.05, 0.1) is 12.5 Å². The van der Waals surface area contributed by atoms with Gasteiger partial charge in [-0.2, -0.15) is 0 Å². The maximum Gasteiger partial charge on any atom is 0.239 e. The van der Waals surface area contributed by atoms with Crippen molar-refractivity contribution in [1.29, 1.82) is 0 Å². The van der Waals surface area contributed by atoms with E-state index >= 15 is 0 Å². The molecule has 8 heteroatoms. The Morgan fingerprint density at radius 3 is 2.62 bits per heavy atom. The van der Waals surface area contributed by atoms with E-state index in [2.05, 4.69) is 10.6 Å². The zero-order valence-corrected chi connectivity index (χ0v) is 16.4. The van der Waals surface area contributed by atoms with Crippen LogP contribution in [-0.2, 0) is 14.4 Å². The first kappa shape index (κ1) is 19.5. The molecule has 0 aromatic heterocycles. The summed E-state index contributed by atoms with van der Waals surface area (Å²) < 4.78 is 11.1. The summed E-state index contributed by atoms with van der Waals surface area (Å²) in [6.07, 6.45) is 5.63. The Balaban J connectivity index is 1.29. The summed E-state index contributed by atoms with van der Waals surface area (Å²) in [6.45, 7) is 1.21. The molecule has 2 N–H and O–H groups in total. The summed E-state index contributed by atoms with van der Waals surface area (Å²) in [5.74, 6) is 0.237. The molecular formula is C21H27N3O5. The summed E-state index contributed by atoms with van der Waals surface area (Å²) in [6, 6.07) is 5.56. The third kappa shape index (κ3) is 4.63. The fraction of sp³-hybridized carbons (Fsp3) is 0.571. The topological polar surface area (TPSA) is 97.0 Å². The van der Waals surface area contributed by atoms with Crippen LogP contribution in [0, 0.1) is 5.92 Å². The lowest BCUT2D eigenvalue weighted by atomic mass is 9.95. The summed E-state index contributed by atoms with van der Waals surface area (Å²) in [5, 5.41) is 5.66. The summed E-state index contributed by atoms with van der Waals surface area (Å²) in [7, 11) is 0. The predicted molar refractivity (Wildman–Crippen MR) is 106 cm³/mol. The van der Waals surface area contributed by atoms with Crippen LogP contribution in [0.2, 0.25) is 0 Å². The number of carbonyl (C=O) groups is 3. The molecule has 4 rings (SSSR count). The first-order valence-electron chi connectivity index (χ1n) is 10.4. The van der Waals surface area contributed by atoms with Gasteiger partial charge in [0.1, 0.15) is 13.2 Å². The summed E-state index contributed by atoms with van der Waals surface area (Å²) in [5.41, 5.74) is 0.685. The van der Waals surface area contributed by atoms with E-state index in [-0.39, 0.29) is 43.3 Å². The van der Waals surface area contributed by atoms with Gasteiger partial charge in [-0.1, -0.05) is 19.3 Å². The second kappa shape index (κ2) is 8.71. The Labute approximate surface area is 169 Å². The number of hydrogen-bond acceptors (Lipinski definition) is 5. The highest BCUT2D eigenvalue weighted by molar-refractivity contribution is 6.01. The molecule has 0 spiro atoms. The van der Waals surface area contributed by atoms with Crippen molar-refractivity contribution in [3.8, 4) is 11.5 Å². The number of fused-ring (bicyclic) bond motifs is 1. The minimum absolute atomic E-state index is 0.0515. The second-order valence-corrected chi connectivity index (χ2v) is 7.85. The fourth-order valence-corrected chi connectivity index (χ4v) is 4.17. The average molecular weight is 401 g/mol. The molecule has 8 nitrogen and oxygen atoms in total. The zero-order valence-electron chi connectivity index (χ0n) is 16.4. The van der Waals surface area contributed by atoms with Gasteiger partial charge in [-0.05, 0) is 25.0 Å². The molecule has 29 heavy (non-hydrogen) atoms. The molecule has 2 aliphatic heterocycles. The molecule has 2 heterocycles. The maximum absolute atomic E-state index is 12.5. The van der Waals surface area contributed by atoms with Gasteiger partial charge in [0.2, 0.25) is 17.7 Å². The van der Waals surface area contributed by atoms with E-state index in [0.717, 1.165) is 25.7 Å². The SMILES string of the molecule is O=C(CNC(=O)C1CC(=O)N(c2ccc3c(c2)OCCO3)C1)NC1CCCCC1. The van der Waals surface area contributed by atoms with E-state index in [4.69, 9.17) is 9.47 Å². The van der Waals surface area contributed by atoms with Crippen LogP contribution >= 0.6 is 0 Å². The van der Waals surface area contributed by atoms with Gasteiger partial charge in [-0.15, -0.1) is 0 Å². The van der Waals surface area contributed by atoms with Gasteiger partial charge in [0.25, 0.3) is 0 Å². The second-order valence-electron chi connectivity index (χ2n) is 7.85. The van der Waals surface area contributed by atoms with Crippen LogP contribution in [0.25, 0.3) is 0 Å². The van der Waals surface area contributed by atoms with Gasteiger partial charge in [0.15, 0.2) is 11.5 Å². The highest BCUT2D eigenvalue weighted by atomic mass is 16.6. The number of ether oxygens (including phenoxy) is 2. The molecule has 1 aromatic rings. The molecule has 2 fully saturated rings. The maximum atomic E-state index is 12.5. The predicted octanol–water partition coefficient (Wildman–Crippen LogP) is 1.38. The van der Waals surface area contributed by atoms with Crippen molar-refractivity contribution in [3.63, 3.8) is 0 Å². The van der Waals surface area contributed by atoms with Gasteiger partial charge < -0.3 is 25.0 Å². The number of benzene rings is 1. The first-order chi connectivity index (χ1) is 14.1. The average Bonchev–Trinajstić information content (AvgIpc) is 3.14. The quantitative estimate of drug-likeness (QED) is 0.777. The number of nitrogens with one attached hydrogen (secondary N) is 2. The van der Waals surface area contributed by atoms with Crippen molar-refractivity contribution in [2.24, 2.45) is 5.92 Å². The van der Waals surface area contributed by atoms with Crippen LogP contribution in [0.1, 0.15) is 38.5 Å². The van der Waals surface area contributed by atoms with E-state index in [9.17, 15) is 14.4 Å². The number of carbonyl (C=O) groups excluding carboxylic acids is 3. The molecule has 1 aromatic carbocycles. The van der Waals surface area contributed by atoms with Crippen LogP contribution in [0.4, 0.5) is 5.69 Å². The van der Waals surface area contributed by atoms with Crippen LogP contribution in [0.15, 0.2) is 18.2 Å². The normalized spacial score (nSPS) is 21.7. The number of amides is 3. The van der Waals surface area contributed by atoms with Crippen molar-refractivity contribution in [2.75, 3.05) is 31.2 Å². The van der Waals surface area contributed by atoms with E-state index < -0.39 is 5.92 Å². The van der Waals surface area contributed by atoms with Crippen LogP contribution in [0.3, 0.4) is 0 Å². The Morgan fingerprint density at radius 2 is 1.83 bits per heavy atom. The van der Waals surface area contributed by atoms with E-state index in [1.54, 1.807) is 23.1 Å². The molecule has 1 saturated heterocycles. The number of nitrogens with zero attached hydrogens (tertiary/aromatic N) is 1. The van der Waals surface area contributed by atoms with Crippen molar-refractivity contribution < 1.29 is 23.9 Å². The van der Waals surface area contributed by atoms with Gasteiger partial charge in [0, 0.05) is 30.8 Å². The number of rotatable bonds is 5. The molecule has 3 aliphatic rings. The molecule has 156 valence electrons. The third-order valence-corrected chi connectivity index (χ3v) is 5.73. The Morgan fingerprint density at radius 1 is 1.07 bits per heavy atom. The lowest BCUT2D eigenvalue weighted by Gasteiger charge is -2.23. The molecular weight excluding hydrogens is 374 g/mol. The van der Waals surface area contributed by atoms with Crippen molar-refractivity contribution >= 4 is 23.4 Å². The van der Waals surface area contributed by atoms with E-state index in [1.165, 1.54) is 6.42 Å². The molecule has 0 bridgehead atoms. The molecule has 3 amide bonds. The monoisotopic (exact) mass is 401 g/mol. The van der Waals surface area contributed by atoms with E-state index in [1.807, 2.05) is 0 Å². The molecule has 0 radical (unpaired) electrons. The molecule has 1 aliphatic carbocycles. The van der Waals surface area contributed by atoms with Gasteiger partial charge in [-0.25, -0.2) is 0 Å². The zero-order chi connectivity index (χ0) is 20.2. The summed E-state index contributed by atoms with van der Waals surface area (Å²) in [4.78, 5) is 38.6. The Hall–Kier alpha value is -2.77. The fourth-order valence-electron chi connectivity index (χ4n) is 4.17. The van der Waals surface area contributed by atoms with Crippen molar-refractivity contribution in [1.82, 2.24) is 10.6 Å². The standard InChI is InChI=1S/C21H27N3O5/c25-19(23-15-4-2-1-3-5-15)12-22-21(27)14-10-20(26)24(13-14)16-6-7-17-18(11-16)29-9-8-28-17/h6-7,11,14-15H,1-5,8-10,12-13H2,(H,22,27)(H,23,25). The van der Waals surface area contributed by atoms with Crippen molar-refractivity contribution in [2.45, 2.75) is 44.6 Å². The van der Waals surface area contributed by atoms with Crippen LogP contribution in [-0.4, -0.2) is 50.1 Å². The van der Waals surface area contributed by atoms with Crippen LogP contribution in [0.5, 0.6) is 11.5 Å². The lowest BCUT2D eigenvalue weighted by molar-refractivity contribution is -0.129.